The molecule has 0 bridgehead atoms. The fourth-order valence-corrected chi connectivity index (χ4v) is 3.85. The second-order valence-electron chi connectivity index (χ2n) is 7.56. The molecule has 0 amide bonds. The van der Waals surface area contributed by atoms with Crippen molar-refractivity contribution in [2.45, 2.75) is 0 Å². The SMILES string of the molecule is c1ccc(-c2ccc(Nc3ccc(-c4ccccc4)cc3-c3ccccc3)cc2)cc1. The molecule has 148 valence electrons. The summed E-state index contributed by atoms with van der Waals surface area (Å²) in [5.41, 5.74) is 9.43. The van der Waals surface area contributed by atoms with Crippen molar-refractivity contribution in [3.63, 3.8) is 0 Å². The van der Waals surface area contributed by atoms with Gasteiger partial charge in [0.25, 0.3) is 0 Å². The monoisotopic (exact) mass is 397 g/mol. The molecular formula is C30H23N. The Morgan fingerprint density at radius 1 is 0.355 bits per heavy atom. The van der Waals surface area contributed by atoms with Crippen molar-refractivity contribution in [3.8, 4) is 33.4 Å². The van der Waals surface area contributed by atoms with Gasteiger partial charge in [-0.2, -0.15) is 0 Å². The van der Waals surface area contributed by atoms with Crippen molar-refractivity contribution in [2.75, 3.05) is 5.32 Å². The molecule has 5 aromatic carbocycles. The van der Waals surface area contributed by atoms with E-state index in [0.29, 0.717) is 0 Å². The van der Waals surface area contributed by atoms with Crippen molar-refractivity contribution in [3.05, 3.63) is 133 Å². The number of hydrogen-bond acceptors (Lipinski definition) is 1. The van der Waals surface area contributed by atoms with Crippen LogP contribution in [0.1, 0.15) is 0 Å². The molecule has 0 aromatic heterocycles. The van der Waals surface area contributed by atoms with Gasteiger partial charge < -0.3 is 5.32 Å². The predicted octanol–water partition coefficient (Wildman–Crippen LogP) is 8.43. The number of anilines is 2. The van der Waals surface area contributed by atoms with Gasteiger partial charge in [0.05, 0.1) is 0 Å². The first-order chi connectivity index (χ1) is 15.4. The first-order valence-corrected chi connectivity index (χ1v) is 10.5. The quantitative estimate of drug-likeness (QED) is 0.314. The lowest BCUT2D eigenvalue weighted by Crippen LogP contribution is -1.94. The van der Waals surface area contributed by atoms with E-state index in [0.717, 1.165) is 11.4 Å². The highest BCUT2D eigenvalue weighted by atomic mass is 14.9. The molecule has 0 spiro atoms. The van der Waals surface area contributed by atoms with E-state index in [1.54, 1.807) is 0 Å². The van der Waals surface area contributed by atoms with Crippen LogP contribution in [0, 0.1) is 0 Å². The van der Waals surface area contributed by atoms with E-state index in [1.807, 2.05) is 6.07 Å². The Labute approximate surface area is 183 Å². The molecule has 0 aliphatic rings. The van der Waals surface area contributed by atoms with Gasteiger partial charge in [-0.25, -0.2) is 0 Å². The minimum Gasteiger partial charge on any atom is -0.355 e. The summed E-state index contributed by atoms with van der Waals surface area (Å²) in [5, 5.41) is 3.63. The molecular weight excluding hydrogens is 374 g/mol. The average molecular weight is 398 g/mol. The van der Waals surface area contributed by atoms with E-state index in [-0.39, 0.29) is 0 Å². The van der Waals surface area contributed by atoms with Gasteiger partial charge in [0.2, 0.25) is 0 Å². The van der Waals surface area contributed by atoms with Crippen LogP contribution in [0.2, 0.25) is 0 Å². The predicted molar refractivity (Wildman–Crippen MR) is 132 cm³/mol. The van der Waals surface area contributed by atoms with E-state index in [9.17, 15) is 0 Å². The Morgan fingerprint density at radius 2 is 0.806 bits per heavy atom. The maximum absolute atomic E-state index is 3.63. The lowest BCUT2D eigenvalue weighted by atomic mass is 9.97. The minimum absolute atomic E-state index is 1.07. The standard InChI is InChI=1S/C30H23N/c1-4-10-23(11-5-1)25-16-19-28(20-17-25)31-30-21-18-27(24-12-6-2-7-13-24)22-29(30)26-14-8-3-9-15-26/h1-22,31H. The molecule has 5 rings (SSSR count). The molecule has 1 nitrogen and oxygen atoms in total. The molecule has 0 heterocycles. The number of benzene rings is 5. The number of rotatable bonds is 5. The van der Waals surface area contributed by atoms with Gasteiger partial charge in [-0.05, 0) is 52.1 Å². The molecule has 5 aromatic rings. The first-order valence-electron chi connectivity index (χ1n) is 10.5. The lowest BCUT2D eigenvalue weighted by Gasteiger charge is -2.15. The van der Waals surface area contributed by atoms with Gasteiger partial charge in [0.15, 0.2) is 0 Å². The van der Waals surface area contributed by atoms with Crippen molar-refractivity contribution < 1.29 is 0 Å². The van der Waals surface area contributed by atoms with Crippen LogP contribution in [-0.4, -0.2) is 0 Å². The van der Waals surface area contributed by atoms with Gasteiger partial charge in [0, 0.05) is 16.9 Å². The second-order valence-corrected chi connectivity index (χ2v) is 7.56. The number of hydrogen-bond donors (Lipinski definition) is 1. The highest BCUT2D eigenvalue weighted by molar-refractivity contribution is 5.85. The van der Waals surface area contributed by atoms with E-state index in [2.05, 4.69) is 133 Å². The number of nitrogens with one attached hydrogen (secondary N) is 1. The first kappa shape index (κ1) is 18.9. The Kier molecular flexibility index (Phi) is 5.32. The third-order valence-electron chi connectivity index (χ3n) is 5.48. The average Bonchev–Trinajstić information content (AvgIpc) is 2.86. The third kappa shape index (κ3) is 4.26. The van der Waals surface area contributed by atoms with Gasteiger partial charge in [-0.3, -0.25) is 0 Å². The molecule has 0 aliphatic carbocycles. The summed E-state index contributed by atoms with van der Waals surface area (Å²) in [4.78, 5) is 0. The van der Waals surface area contributed by atoms with Gasteiger partial charge in [-0.1, -0.05) is 109 Å². The van der Waals surface area contributed by atoms with E-state index < -0.39 is 0 Å². The fraction of sp³-hybridized carbons (Fsp3) is 0. The zero-order valence-corrected chi connectivity index (χ0v) is 17.2. The molecule has 0 fully saturated rings. The Balaban J connectivity index is 1.50. The molecule has 1 N–H and O–H groups in total. The summed E-state index contributed by atoms with van der Waals surface area (Å²) < 4.78 is 0. The summed E-state index contributed by atoms with van der Waals surface area (Å²) in [5.74, 6) is 0. The molecule has 0 aliphatic heterocycles. The molecule has 0 radical (unpaired) electrons. The summed E-state index contributed by atoms with van der Waals surface area (Å²) in [7, 11) is 0. The smallest absolute Gasteiger partial charge is 0.0464 e. The van der Waals surface area contributed by atoms with Crippen molar-refractivity contribution in [2.24, 2.45) is 0 Å². The lowest BCUT2D eigenvalue weighted by molar-refractivity contribution is 1.52. The molecule has 0 unspecified atom stereocenters. The zero-order valence-electron chi connectivity index (χ0n) is 17.2. The van der Waals surface area contributed by atoms with Crippen molar-refractivity contribution in [1.82, 2.24) is 0 Å². The fourth-order valence-electron chi connectivity index (χ4n) is 3.85. The van der Waals surface area contributed by atoms with Gasteiger partial charge in [-0.15, -0.1) is 0 Å². The van der Waals surface area contributed by atoms with Crippen molar-refractivity contribution in [1.29, 1.82) is 0 Å². The molecule has 0 saturated carbocycles. The van der Waals surface area contributed by atoms with Gasteiger partial charge >= 0.3 is 0 Å². The normalized spacial score (nSPS) is 10.6. The van der Waals surface area contributed by atoms with E-state index in [1.165, 1.54) is 33.4 Å². The molecule has 1 heteroatoms. The maximum Gasteiger partial charge on any atom is 0.0464 e. The van der Waals surface area contributed by atoms with Crippen LogP contribution < -0.4 is 5.32 Å². The minimum atomic E-state index is 1.07. The topological polar surface area (TPSA) is 12.0 Å². The molecule has 0 saturated heterocycles. The van der Waals surface area contributed by atoms with Crippen molar-refractivity contribution >= 4 is 11.4 Å². The molecule has 31 heavy (non-hydrogen) atoms. The zero-order chi connectivity index (χ0) is 20.9. The van der Waals surface area contributed by atoms with E-state index >= 15 is 0 Å². The summed E-state index contributed by atoms with van der Waals surface area (Å²) >= 11 is 0. The Bertz CT molecular complexity index is 1260. The van der Waals surface area contributed by atoms with Gasteiger partial charge in [0.1, 0.15) is 0 Å². The van der Waals surface area contributed by atoms with Crippen LogP contribution in [0.4, 0.5) is 11.4 Å². The summed E-state index contributed by atoms with van der Waals surface area (Å²) in [6.07, 6.45) is 0. The Morgan fingerprint density at radius 3 is 1.39 bits per heavy atom. The van der Waals surface area contributed by atoms with Crippen LogP contribution in [0.3, 0.4) is 0 Å². The maximum atomic E-state index is 3.63. The highest BCUT2D eigenvalue weighted by Gasteiger charge is 2.09. The van der Waals surface area contributed by atoms with Crippen LogP contribution in [0.5, 0.6) is 0 Å². The molecule has 0 atom stereocenters. The van der Waals surface area contributed by atoms with Crippen LogP contribution >= 0.6 is 0 Å². The third-order valence-corrected chi connectivity index (χ3v) is 5.48. The summed E-state index contributed by atoms with van der Waals surface area (Å²) in [6, 6.07) is 46.8. The van der Waals surface area contributed by atoms with Crippen LogP contribution in [0.15, 0.2) is 133 Å². The Hall–Kier alpha value is -4.10. The van der Waals surface area contributed by atoms with Crippen LogP contribution in [0.25, 0.3) is 33.4 Å². The second kappa shape index (κ2) is 8.73. The highest BCUT2D eigenvalue weighted by Crippen LogP contribution is 2.35. The largest absolute Gasteiger partial charge is 0.355 e. The van der Waals surface area contributed by atoms with Crippen LogP contribution in [-0.2, 0) is 0 Å². The summed E-state index contributed by atoms with van der Waals surface area (Å²) in [6.45, 7) is 0. The van der Waals surface area contributed by atoms with E-state index in [4.69, 9.17) is 0 Å².